The normalized spacial score (nSPS) is 19.8. The number of nitrogens with zero attached hydrogens (tertiary/aromatic N) is 1. The van der Waals surface area contributed by atoms with Crippen molar-refractivity contribution < 1.29 is 14.7 Å². The Hall–Kier alpha value is -2.35. The lowest BCUT2D eigenvalue weighted by Gasteiger charge is -2.32. The van der Waals surface area contributed by atoms with Gasteiger partial charge in [-0.05, 0) is 28.7 Å². The SMILES string of the molecule is CC(C)(C)[C@H](N)C(=O)N1C[C@H](O)C[C@H]1C(=O)NCc1ccc(-c2ccc[nH]2)cc1.Cl. The fraction of sp³-hybridized carbons (Fsp3) is 0.455. The van der Waals surface area contributed by atoms with Crippen LogP contribution >= 0.6 is 12.4 Å². The highest BCUT2D eigenvalue weighted by molar-refractivity contribution is 5.90. The number of aliphatic hydroxyl groups excluding tert-OH is 1. The first kappa shape index (κ1) is 23.9. The Bertz CT molecular complexity index is 846. The summed E-state index contributed by atoms with van der Waals surface area (Å²) in [5, 5.41) is 12.9. The summed E-state index contributed by atoms with van der Waals surface area (Å²) in [6.45, 7) is 6.13. The fourth-order valence-corrected chi connectivity index (χ4v) is 3.47. The number of hydrogen-bond acceptors (Lipinski definition) is 4. The number of aromatic nitrogens is 1. The van der Waals surface area contributed by atoms with Crippen LogP contribution in [0.25, 0.3) is 11.3 Å². The Balaban J connectivity index is 0.00000320. The molecule has 8 heteroatoms. The third-order valence-electron chi connectivity index (χ3n) is 5.39. The number of likely N-dealkylation sites (tertiary alicyclic amines) is 1. The van der Waals surface area contributed by atoms with E-state index in [1.165, 1.54) is 4.90 Å². The number of hydrogen-bond donors (Lipinski definition) is 4. The number of aromatic amines is 1. The van der Waals surface area contributed by atoms with Gasteiger partial charge in [-0.3, -0.25) is 9.59 Å². The van der Waals surface area contributed by atoms with Crippen LogP contribution in [0.3, 0.4) is 0 Å². The number of H-pyrrole nitrogens is 1. The lowest BCUT2D eigenvalue weighted by atomic mass is 9.86. The summed E-state index contributed by atoms with van der Waals surface area (Å²) in [4.78, 5) is 30.1. The molecular formula is C22H31ClN4O3. The topological polar surface area (TPSA) is 111 Å². The lowest BCUT2D eigenvalue weighted by molar-refractivity contribution is -0.141. The monoisotopic (exact) mass is 434 g/mol. The van der Waals surface area contributed by atoms with Crippen LogP contribution < -0.4 is 11.1 Å². The minimum absolute atomic E-state index is 0. The molecule has 1 aliphatic heterocycles. The number of aliphatic hydroxyl groups is 1. The van der Waals surface area contributed by atoms with Gasteiger partial charge in [0.2, 0.25) is 11.8 Å². The Morgan fingerprint density at radius 3 is 2.50 bits per heavy atom. The Morgan fingerprint density at radius 1 is 1.27 bits per heavy atom. The third-order valence-corrected chi connectivity index (χ3v) is 5.39. The maximum absolute atomic E-state index is 12.8. The van der Waals surface area contributed by atoms with E-state index in [-0.39, 0.29) is 37.2 Å². The summed E-state index contributed by atoms with van der Waals surface area (Å²) in [5.74, 6) is -0.575. The van der Waals surface area contributed by atoms with Gasteiger partial charge in [0, 0.05) is 31.4 Å². The number of nitrogens with two attached hydrogens (primary N) is 1. The summed E-state index contributed by atoms with van der Waals surface area (Å²) < 4.78 is 0. The van der Waals surface area contributed by atoms with E-state index in [1.54, 1.807) is 0 Å². The second-order valence-electron chi connectivity index (χ2n) is 8.74. The van der Waals surface area contributed by atoms with E-state index >= 15 is 0 Å². The summed E-state index contributed by atoms with van der Waals surface area (Å²) in [5.41, 5.74) is 8.72. The average molecular weight is 435 g/mol. The highest BCUT2D eigenvalue weighted by Gasteiger charge is 2.42. The van der Waals surface area contributed by atoms with E-state index in [0.29, 0.717) is 6.54 Å². The molecule has 0 unspecified atom stereocenters. The number of amides is 2. The number of rotatable bonds is 5. The van der Waals surface area contributed by atoms with Crippen molar-refractivity contribution in [3.05, 3.63) is 48.2 Å². The number of nitrogens with one attached hydrogen (secondary N) is 2. The molecule has 2 amide bonds. The van der Waals surface area contributed by atoms with Crippen molar-refractivity contribution in [2.24, 2.45) is 11.1 Å². The van der Waals surface area contributed by atoms with Crippen molar-refractivity contribution in [1.29, 1.82) is 0 Å². The molecule has 164 valence electrons. The number of benzene rings is 1. The third kappa shape index (κ3) is 5.41. The molecule has 0 bridgehead atoms. The van der Waals surface area contributed by atoms with Gasteiger partial charge in [-0.2, -0.15) is 0 Å². The maximum Gasteiger partial charge on any atom is 0.243 e. The van der Waals surface area contributed by atoms with E-state index in [9.17, 15) is 14.7 Å². The molecule has 3 rings (SSSR count). The first-order valence-corrected chi connectivity index (χ1v) is 9.91. The van der Waals surface area contributed by atoms with Crippen LogP contribution in [0.4, 0.5) is 0 Å². The van der Waals surface area contributed by atoms with Crippen LogP contribution in [0.5, 0.6) is 0 Å². The van der Waals surface area contributed by atoms with Crippen LogP contribution in [0.15, 0.2) is 42.6 Å². The predicted octanol–water partition coefficient (Wildman–Crippen LogP) is 2.05. The summed E-state index contributed by atoms with van der Waals surface area (Å²) >= 11 is 0. The van der Waals surface area contributed by atoms with E-state index in [2.05, 4.69) is 10.3 Å². The molecule has 1 aliphatic rings. The molecule has 1 aromatic heterocycles. The van der Waals surface area contributed by atoms with Crippen molar-refractivity contribution in [3.8, 4) is 11.3 Å². The van der Waals surface area contributed by atoms with Crippen LogP contribution in [-0.4, -0.2) is 51.5 Å². The molecule has 2 aromatic rings. The van der Waals surface area contributed by atoms with Crippen molar-refractivity contribution in [1.82, 2.24) is 15.2 Å². The summed E-state index contributed by atoms with van der Waals surface area (Å²) in [6.07, 6.45) is 1.38. The smallest absolute Gasteiger partial charge is 0.243 e. The van der Waals surface area contributed by atoms with Crippen molar-refractivity contribution in [3.63, 3.8) is 0 Å². The van der Waals surface area contributed by atoms with E-state index in [0.717, 1.165) is 16.8 Å². The van der Waals surface area contributed by atoms with Crippen LogP contribution in [0, 0.1) is 5.41 Å². The number of halogens is 1. The molecule has 1 aromatic carbocycles. The number of β-amino-alcohol motifs (C(OH)–C–C–N with tert-alkyl or cyclic N) is 1. The number of carbonyl (C=O) groups is 2. The average Bonchev–Trinajstić information content (AvgIpc) is 3.34. The van der Waals surface area contributed by atoms with Crippen molar-refractivity contribution >= 4 is 24.2 Å². The quantitative estimate of drug-likeness (QED) is 0.577. The molecule has 1 saturated heterocycles. The summed E-state index contributed by atoms with van der Waals surface area (Å²) in [6, 6.07) is 10.4. The van der Waals surface area contributed by atoms with Gasteiger partial charge in [0.15, 0.2) is 0 Å². The second-order valence-corrected chi connectivity index (χ2v) is 8.74. The van der Waals surface area contributed by atoms with Crippen LogP contribution in [0.2, 0.25) is 0 Å². The molecule has 3 atom stereocenters. The minimum Gasteiger partial charge on any atom is -0.391 e. The molecule has 7 nitrogen and oxygen atoms in total. The van der Waals surface area contributed by atoms with Crippen LogP contribution in [-0.2, 0) is 16.1 Å². The molecule has 30 heavy (non-hydrogen) atoms. The first-order chi connectivity index (χ1) is 13.7. The molecule has 0 aliphatic carbocycles. The van der Waals surface area contributed by atoms with Gasteiger partial charge in [0.1, 0.15) is 6.04 Å². The highest BCUT2D eigenvalue weighted by Crippen LogP contribution is 2.25. The van der Waals surface area contributed by atoms with E-state index < -0.39 is 23.6 Å². The first-order valence-electron chi connectivity index (χ1n) is 9.91. The van der Waals surface area contributed by atoms with Gasteiger partial charge < -0.3 is 26.0 Å². The highest BCUT2D eigenvalue weighted by atomic mass is 35.5. The van der Waals surface area contributed by atoms with Gasteiger partial charge in [0.05, 0.1) is 12.1 Å². The van der Waals surface area contributed by atoms with Gasteiger partial charge in [-0.25, -0.2) is 0 Å². The minimum atomic E-state index is -0.733. The van der Waals surface area contributed by atoms with E-state index in [1.807, 2.05) is 63.4 Å². The molecule has 1 fully saturated rings. The van der Waals surface area contributed by atoms with Crippen LogP contribution in [0.1, 0.15) is 32.8 Å². The Labute approximate surface area is 183 Å². The van der Waals surface area contributed by atoms with Gasteiger partial charge in [0.25, 0.3) is 0 Å². The number of carbonyl (C=O) groups excluding carboxylic acids is 2. The lowest BCUT2D eigenvalue weighted by Crippen LogP contribution is -2.54. The van der Waals surface area contributed by atoms with E-state index in [4.69, 9.17) is 5.73 Å². The van der Waals surface area contributed by atoms with Gasteiger partial charge >= 0.3 is 0 Å². The van der Waals surface area contributed by atoms with Crippen molar-refractivity contribution in [2.75, 3.05) is 6.54 Å². The van der Waals surface area contributed by atoms with Gasteiger partial charge in [-0.15, -0.1) is 12.4 Å². The molecule has 0 spiro atoms. The zero-order chi connectivity index (χ0) is 21.2. The second kappa shape index (κ2) is 9.64. The molecule has 5 N–H and O–H groups in total. The fourth-order valence-electron chi connectivity index (χ4n) is 3.47. The maximum atomic E-state index is 12.8. The predicted molar refractivity (Wildman–Crippen MR) is 119 cm³/mol. The molecule has 0 saturated carbocycles. The molecule has 2 heterocycles. The zero-order valence-corrected chi connectivity index (χ0v) is 18.4. The Morgan fingerprint density at radius 2 is 1.93 bits per heavy atom. The van der Waals surface area contributed by atoms with Gasteiger partial charge in [-0.1, -0.05) is 45.0 Å². The molecule has 0 radical (unpaired) electrons. The molecular weight excluding hydrogens is 404 g/mol. The summed E-state index contributed by atoms with van der Waals surface area (Å²) in [7, 11) is 0. The Kier molecular flexibility index (Phi) is 7.69. The van der Waals surface area contributed by atoms with Crippen molar-refractivity contribution in [2.45, 2.75) is 51.9 Å². The largest absolute Gasteiger partial charge is 0.391 e. The zero-order valence-electron chi connectivity index (χ0n) is 17.6. The standard InChI is InChI=1S/C22H30N4O3.ClH/c1-22(2,3)19(23)21(29)26-13-16(27)11-18(26)20(28)25-12-14-6-8-15(9-7-14)17-5-4-10-24-17;/h4-10,16,18-19,24,27H,11-13,23H2,1-3H3,(H,25,28);1H/t16-,18+,19-;/m1./s1.